The second kappa shape index (κ2) is 8.63. The zero-order valence-electron chi connectivity index (χ0n) is 17.3. The number of anilines is 1. The number of likely N-dealkylation sites (N-methyl/N-ethyl adjacent to an activating group) is 1. The first-order chi connectivity index (χ1) is 14.3. The summed E-state index contributed by atoms with van der Waals surface area (Å²) in [4.78, 5) is 21.1. The van der Waals surface area contributed by atoms with E-state index >= 15 is 0 Å². The van der Waals surface area contributed by atoms with Crippen molar-refractivity contribution >= 4 is 22.8 Å². The molecule has 3 rings (SSSR count). The molecule has 30 heavy (non-hydrogen) atoms. The van der Waals surface area contributed by atoms with Crippen LogP contribution in [0.5, 0.6) is 0 Å². The Kier molecular flexibility index (Phi) is 6.35. The fraction of sp³-hybridized carbons (Fsp3) is 0.579. The number of hydrogen-bond donors (Lipinski definition) is 4. The topological polar surface area (TPSA) is 155 Å². The van der Waals surface area contributed by atoms with E-state index in [9.17, 15) is 20.3 Å². The van der Waals surface area contributed by atoms with Crippen LogP contribution < -0.4 is 10.6 Å². The van der Waals surface area contributed by atoms with Gasteiger partial charge in [-0.15, -0.1) is 0 Å². The first-order valence-electron chi connectivity index (χ1n) is 9.58. The number of nitrogens with zero attached hydrogens (tertiary/aromatic N) is 4. The van der Waals surface area contributed by atoms with E-state index in [0.29, 0.717) is 17.6 Å². The van der Waals surface area contributed by atoms with Crippen molar-refractivity contribution in [2.75, 3.05) is 25.6 Å². The summed E-state index contributed by atoms with van der Waals surface area (Å²) in [6.45, 7) is 5.59. The molecule has 3 heterocycles. The van der Waals surface area contributed by atoms with Gasteiger partial charge in [0.15, 0.2) is 6.23 Å². The third-order valence-electron chi connectivity index (χ3n) is 5.19. The van der Waals surface area contributed by atoms with E-state index in [1.165, 1.54) is 19.6 Å². The van der Waals surface area contributed by atoms with E-state index < -0.39 is 36.7 Å². The van der Waals surface area contributed by atoms with Crippen molar-refractivity contribution in [2.24, 2.45) is 0 Å². The number of nitriles is 1. The van der Waals surface area contributed by atoms with Crippen molar-refractivity contribution in [3.8, 4) is 6.07 Å². The number of aromatic nitrogens is 3. The minimum Gasteiger partial charge on any atom is -0.394 e. The highest BCUT2D eigenvalue weighted by molar-refractivity contribution is 6.04. The molecule has 4 atom stereocenters. The van der Waals surface area contributed by atoms with Gasteiger partial charge in [0, 0.05) is 13.3 Å². The Hall–Kier alpha value is -2.62. The van der Waals surface area contributed by atoms with E-state index in [-0.39, 0.29) is 17.3 Å². The summed E-state index contributed by atoms with van der Waals surface area (Å²) >= 11 is 0. The van der Waals surface area contributed by atoms with Gasteiger partial charge in [-0.2, -0.15) is 5.26 Å². The molecular formula is C19H26N6O5. The number of rotatable bonds is 7. The molecule has 1 unspecified atom stereocenters. The van der Waals surface area contributed by atoms with Crippen LogP contribution in [0.2, 0.25) is 0 Å². The van der Waals surface area contributed by atoms with Gasteiger partial charge in [-0.3, -0.25) is 4.79 Å². The van der Waals surface area contributed by atoms with Gasteiger partial charge >= 0.3 is 0 Å². The SMILES string of the molecule is CCNC(C)(C)C(=O)Nc1ncnc2c1c(C#N)cn2[C@@H]1O[C@H](CO)C(O)[C@@H]1OC. The van der Waals surface area contributed by atoms with Crippen molar-refractivity contribution in [3.05, 3.63) is 18.1 Å². The van der Waals surface area contributed by atoms with Gasteiger partial charge < -0.3 is 34.9 Å². The van der Waals surface area contributed by atoms with E-state index in [1.54, 1.807) is 18.4 Å². The summed E-state index contributed by atoms with van der Waals surface area (Å²) in [6.07, 6.45) is -0.742. The number of carbonyl (C=O) groups is 1. The first-order valence-corrected chi connectivity index (χ1v) is 9.58. The summed E-state index contributed by atoms with van der Waals surface area (Å²) in [6, 6.07) is 2.08. The maximum absolute atomic E-state index is 12.7. The predicted octanol–water partition coefficient (Wildman–Crippen LogP) is -0.105. The molecule has 2 aromatic rings. The van der Waals surface area contributed by atoms with Crippen LogP contribution in [0.15, 0.2) is 12.5 Å². The zero-order chi connectivity index (χ0) is 22.1. The van der Waals surface area contributed by atoms with E-state index in [2.05, 4.69) is 26.7 Å². The van der Waals surface area contributed by atoms with Gasteiger partial charge in [0.25, 0.3) is 0 Å². The average molecular weight is 418 g/mol. The van der Waals surface area contributed by atoms with Crippen LogP contribution in [0.3, 0.4) is 0 Å². The molecular weight excluding hydrogens is 392 g/mol. The molecule has 0 spiro atoms. The number of carbonyl (C=O) groups excluding carboxylic acids is 1. The number of aliphatic hydroxyl groups excluding tert-OH is 2. The molecule has 1 saturated heterocycles. The molecule has 1 fully saturated rings. The van der Waals surface area contributed by atoms with Gasteiger partial charge in [0.05, 0.1) is 23.1 Å². The summed E-state index contributed by atoms with van der Waals surface area (Å²) in [7, 11) is 1.42. The van der Waals surface area contributed by atoms with Crippen molar-refractivity contribution < 1.29 is 24.5 Å². The Balaban J connectivity index is 2.06. The fourth-order valence-corrected chi connectivity index (χ4v) is 3.59. The van der Waals surface area contributed by atoms with Crippen LogP contribution in [-0.2, 0) is 14.3 Å². The lowest BCUT2D eigenvalue weighted by atomic mass is 10.0. The van der Waals surface area contributed by atoms with Crippen LogP contribution in [-0.4, -0.2) is 74.8 Å². The molecule has 1 amide bonds. The van der Waals surface area contributed by atoms with Crippen molar-refractivity contribution in [1.82, 2.24) is 19.9 Å². The lowest BCUT2D eigenvalue weighted by Gasteiger charge is -2.24. The molecule has 11 heteroatoms. The quantitative estimate of drug-likeness (QED) is 0.482. The Labute approximate surface area is 173 Å². The molecule has 0 aliphatic carbocycles. The van der Waals surface area contributed by atoms with Crippen LogP contribution in [0.1, 0.15) is 32.6 Å². The van der Waals surface area contributed by atoms with Crippen molar-refractivity contribution in [3.63, 3.8) is 0 Å². The number of hydrogen-bond acceptors (Lipinski definition) is 9. The van der Waals surface area contributed by atoms with Crippen LogP contribution in [0.4, 0.5) is 5.82 Å². The van der Waals surface area contributed by atoms with E-state index in [1.807, 2.05) is 6.92 Å². The lowest BCUT2D eigenvalue weighted by molar-refractivity contribution is -0.121. The van der Waals surface area contributed by atoms with E-state index in [0.717, 1.165) is 0 Å². The predicted molar refractivity (Wildman–Crippen MR) is 106 cm³/mol. The Morgan fingerprint density at radius 2 is 2.20 bits per heavy atom. The molecule has 11 nitrogen and oxygen atoms in total. The number of ether oxygens (including phenoxy) is 2. The third kappa shape index (κ3) is 3.76. The summed E-state index contributed by atoms with van der Waals surface area (Å²) < 4.78 is 12.7. The van der Waals surface area contributed by atoms with Crippen LogP contribution in [0, 0.1) is 11.3 Å². The molecule has 162 valence electrons. The molecule has 2 aromatic heterocycles. The van der Waals surface area contributed by atoms with E-state index in [4.69, 9.17) is 9.47 Å². The maximum atomic E-state index is 12.7. The summed E-state index contributed by atoms with van der Waals surface area (Å²) in [5, 5.41) is 35.7. The second-order valence-corrected chi connectivity index (χ2v) is 7.53. The first kappa shape index (κ1) is 22.1. The standard InChI is InChI=1S/C19H26N6O5/c1-5-23-19(2,3)18(28)24-15-12-10(6-20)7-25(16(12)22-9-21-15)17-14(29-4)13(27)11(8-26)30-17/h7,9,11,13-14,17,23,26-27H,5,8H2,1-4H3,(H,21,22,24,28)/t11-,13?,14+,17-/m1/s1. The largest absolute Gasteiger partial charge is 0.394 e. The molecule has 4 N–H and O–H groups in total. The van der Waals surface area contributed by atoms with Gasteiger partial charge in [0.1, 0.15) is 42.2 Å². The Morgan fingerprint density at radius 3 is 2.80 bits per heavy atom. The van der Waals surface area contributed by atoms with Crippen molar-refractivity contribution in [1.29, 1.82) is 5.26 Å². The zero-order valence-corrected chi connectivity index (χ0v) is 17.3. The number of fused-ring (bicyclic) bond motifs is 1. The van der Waals surface area contributed by atoms with Crippen LogP contribution in [0.25, 0.3) is 11.0 Å². The van der Waals surface area contributed by atoms with Crippen molar-refractivity contribution in [2.45, 2.75) is 50.8 Å². The Bertz CT molecular complexity index is 968. The number of aliphatic hydroxyl groups is 2. The monoisotopic (exact) mass is 418 g/mol. The minimum atomic E-state index is -1.06. The number of nitrogens with one attached hydrogen (secondary N) is 2. The average Bonchev–Trinajstić information content (AvgIpc) is 3.25. The lowest BCUT2D eigenvalue weighted by Crippen LogP contribution is -2.49. The summed E-state index contributed by atoms with van der Waals surface area (Å²) in [5.41, 5.74) is -0.297. The highest BCUT2D eigenvalue weighted by Crippen LogP contribution is 2.36. The van der Waals surface area contributed by atoms with Gasteiger partial charge in [0.2, 0.25) is 5.91 Å². The van der Waals surface area contributed by atoms with Gasteiger partial charge in [-0.05, 0) is 20.4 Å². The van der Waals surface area contributed by atoms with Crippen LogP contribution >= 0.6 is 0 Å². The highest BCUT2D eigenvalue weighted by atomic mass is 16.6. The molecule has 0 bridgehead atoms. The number of amides is 1. The van der Waals surface area contributed by atoms with Gasteiger partial charge in [-0.25, -0.2) is 9.97 Å². The highest BCUT2D eigenvalue weighted by Gasteiger charge is 2.45. The maximum Gasteiger partial charge on any atom is 0.245 e. The van der Waals surface area contributed by atoms with Gasteiger partial charge in [-0.1, -0.05) is 6.92 Å². The Morgan fingerprint density at radius 1 is 1.47 bits per heavy atom. The smallest absolute Gasteiger partial charge is 0.245 e. The molecule has 0 radical (unpaired) electrons. The molecule has 1 aliphatic heterocycles. The second-order valence-electron chi connectivity index (χ2n) is 7.53. The fourth-order valence-electron chi connectivity index (χ4n) is 3.59. The molecule has 0 saturated carbocycles. The third-order valence-corrected chi connectivity index (χ3v) is 5.19. The molecule has 1 aliphatic rings. The minimum absolute atomic E-state index is 0.192. The number of methoxy groups -OCH3 is 1. The summed E-state index contributed by atoms with van der Waals surface area (Å²) in [5.74, 6) is -0.124. The normalized spacial score (nSPS) is 24.2. The molecule has 0 aromatic carbocycles.